The van der Waals surface area contributed by atoms with Crippen LogP contribution >= 0.6 is 0 Å². The summed E-state index contributed by atoms with van der Waals surface area (Å²) < 4.78 is 1.82. The molecule has 0 bridgehead atoms. The Bertz CT molecular complexity index is 1280. The Morgan fingerprint density at radius 2 is 1.84 bits per heavy atom. The van der Waals surface area contributed by atoms with Crippen LogP contribution in [0.1, 0.15) is 27.0 Å². The van der Waals surface area contributed by atoms with Gasteiger partial charge in [0.1, 0.15) is 17.3 Å². The van der Waals surface area contributed by atoms with Crippen molar-refractivity contribution < 1.29 is 4.79 Å². The highest BCUT2D eigenvalue weighted by atomic mass is 16.1. The van der Waals surface area contributed by atoms with Gasteiger partial charge in [-0.05, 0) is 36.3 Å². The summed E-state index contributed by atoms with van der Waals surface area (Å²) >= 11 is 0. The summed E-state index contributed by atoms with van der Waals surface area (Å²) in [6, 6.07) is 23.1. The zero-order chi connectivity index (χ0) is 21.6. The Hall–Kier alpha value is -4.30. The molecule has 0 unspecified atom stereocenters. The van der Waals surface area contributed by atoms with Crippen LogP contribution in [0.25, 0.3) is 17.3 Å². The van der Waals surface area contributed by atoms with E-state index in [0.717, 1.165) is 16.7 Å². The summed E-state index contributed by atoms with van der Waals surface area (Å²) in [6.07, 6.45) is 6.90. The minimum atomic E-state index is -0.298. The Labute approximate surface area is 180 Å². The SMILES string of the molecule is Cc1ccccc1C(=O)/C(C#N)=C/c1cn(Cc2ccccc2)nc1-c1cccnc1. The van der Waals surface area contributed by atoms with Crippen molar-refractivity contribution in [3.05, 3.63) is 113 Å². The van der Waals surface area contributed by atoms with E-state index in [2.05, 4.69) is 11.1 Å². The molecule has 2 aromatic heterocycles. The van der Waals surface area contributed by atoms with Gasteiger partial charge < -0.3 is 0 Å². The van der Waals surface area contributed by atoms with E-state index in [9.17, 15) is 10.1 Å². The van der Waals surface area contributed by atoms with Crippen molar-refractivity contribution in [3.8, 4) is 17.3 Å². The first-order valence-electron chi connectivity index (χ1n) is 9.89. The van der Waals surface area contributed by atoms with E-state index in [0.29, 0.717) is 23.4 Å². The monoisotopic (exact) mass is 404 g/mol. The number of Topliss-reactive ketones (excluding diaryl/α,β-unsaturated/α-hetero) is 1. The number of aromatic nitrogens is 3. The number of ketones is 1. The molecule has 0 saturated carbocycles. The highest BCUT2D eigenvalue weighted by molar-refractivity contribution is 6.15. The highest BCUT2D eigenvalue weighted by Gasteiger charge is 2.17. The van der Waals surface area contributed by atoms with E-state index >= 15 is 0 Å². The molecule has 2 aromatic carbocycles. The minimum absolute atomic E-state index is 0.0682. The van der Waals surface area contributed by atoms with Gasteiger partial charge in [-0.25, -0.2) is 0 Å². The van der Waals surface area contributed by atoms with Crippen molar-refractivity contribution in [3.63, 3.8) is 0 Å². The fourth-order valence-electron chi connectivity index (χ4n) is 3.40. The molecular weight excluding hydrogens is 384 g/mol. The molecule has 5 nitrogen and oxygen atoms in total. The topological polar surface area (TPSA) is 71.6 Å². The van der Waals surface area contributed by atoms with Gasteiger partial charge in [-0.15, -0.1) is 0 Å². The van der Waals surface area contributed by atoms with Crippen molar-refractivity contribution in [1.82, 2.24) is 14.8 Å². The lowest BCUT2D eigenvalue weighted by Gasteiger charge is -2.03. The van der Waals surface area contributed by atoms with Crippen molar-refractivity contribution in [2.45, 2.75) is 13.5 Å². The van der Waals surface area contributed by atoms with E-state index in [-0.39, 0.29) is 11.4 Å². The van der Waals surface area contributed by atoms with Gasteiger partial charge in [0.15, 0.2) is 0 Å². The van der Waals surface area contributed by atoms with Crippen LogP contribution in [-0.2, 0) is 6.54 Å². The molecule has 0 aliphatic heterocycles. The van der Waals surface area contributed by atoms with Gasteiger partial charge in [-0.3, -0.25) is 14.5 Å². The molecule has 0 N–H and O–H groups in total. The summed E-state index contributed by atoms with van der Waals surface area (Å²) in [5.41, 5.74) is 4.72. The van der Waals surface area contributed by atoms with Crippen LogP contribution < -0.4 is 0 Å². The van der Waals surface area contributed by atoms with Crippen LogP contribution in [0.5, 0.6) is 0 Å². The number of pyridine rings is 1. The first-order chi connectivity index (χ1) is 15.2. The van der Waals surface area contributed by atoms with Crippen LogP contribution in [0.15, 0.2) is 90.9 Å². The Kier molecular flexibility index (Phi) is 5.82. The minimum Gasteiger partial charge on any atom is -0.288 e. The maximum absolute atomic E-state index is 13.0. The molecule has 31 heavy (non-hydrogen) atoms. The van der Waals surface area contributed by atoms with E-state index < -0.39 is 0 Å². The summed E-state index contributed by atoms with van der Waals surface area (Å²) in [5.74, 6) is -0.298. The van der Waals surface area contributed by atoms with E-state index in [1.807, 2.05) is 72.4 Å². The summed E-state index contributed by atoms with van der Waals surface area (Å²) in [6.45, 7) is 2.44. The molecule has 0 radical (unpaired) electrons. The van der Waals surface area contributed by atoms with Gasteiger partial charge in [0.25, 0.3) is 0 Å². The number of nitriles is 1. The molecule has 150 valence electrons. The number of rotatable bonds is 6. The summed E-state index contributed by atoms with van der Waals surface area (Å²) in [5, 5.41) is 14.5. The zero-order valence-electron chi connectivity index (χ0n) is 17.1. The second kappa shape index (κ2) is 9.02. The van der Waals surface area contributed by atoms with Gasteiger partial charge in [0, 0.05) is 35.3 Å². The number of hydrogen-bond donors (Lipinski definition) is 0. The van der Waals surface area contributed by atoms with Crippen LogP contribution in [-0.4, -0.2) is 20.5 Å². The number of benzene rings is 2. The molecule has 0 aliphatic carbocycles. The third-order valence-electron chi connectivity index (χ3n) is 4.97. The van der Waals surface area contributed by atoms with Gasteiger partial charge in [0.2, 0.25) is 5.78 Å². The standard InChI is InChI=1S/C26H20N4O/c1-19-8-5-6-12-24(19)26(31)22(15-27)14-23-18-30(17-20-9-3-2-4-10-20)29-25(23)21-11-7-13-28-16-21/h2-14,16,18H,17H2,1H3/b22-14+. The average Bonchev–Trinajstić information content (AvgIpc) is 3.20. The smallest absolute Gasteiger partial charge is 0.203 e. The van der Waals surface area contributed by atoms with Crippen LogP contribution in [0.4, 0.5) is 0 Å². The second-order valence-corrected chi connectivity index (χ2v) is 7.17. The molecule has 2 heterocycles. The quantitative estimate of drug-likeness (QED) is 0.255. The molecule has 0 atom stereocenters. The first-order valence-corrected chi connectivity index (χ1v) is 9.89. The average molecular weight is 404 g/mol. The molecule has 4 rings (SSSR count). The maximum Gasteiger partial charge on any atom is 0.203 e. The van der Waals surface area contributed by atoms with Gasteiger partial charge in [-0.1, -0.05) is 54.6 Å². The summed E-state index contributed by atoms with van der Waals surface area (Å²) in [7, 11) is 0. The third kappa shape index (κ3) is 4.49. The lowest BCUT2D eigenvalue weighted by atomic mass is 9.98. The van der Waals surface area contributed by atoms with Crippen molar-refractivity contribution in [2.24, 2.45) is 0 Å². The largest absolute Gasteiger partial charge is 0.288 e. The van der Waals surface area contributed by atoms with E-state index in [1.165, 1.54) is 0 Å². The number of aryl methyl sites for hydroxylation is 1. The molecular formula is C26H20N4O. The number of hydrogen-bond acceptors (Lipinski definition) is 4. The lowest BCUT2D eigenvalue weighted by molar-refractivity contribution is 0.103. The number of carbonyl (C=O) groups excluding carboxylic acids is 1. The van der Waals surface area contributed by atoms with Crippen molar-refractivity contribution >= 4 is 11.9 Å². The maximum atomic E-state index is 13.0. The van der Waals surface area contributed by atoms with Gasteiger partial charge in [-0.2, -0.15) is 10.4 Å². The molecule has 0 aliphatic rings. The lowest BCUT2D eigenvalue weighted by Crippen LogP contribution is -2.04. The fraction of sp³-hybridized carbons (Fsp3) is 0.0769. The van der Waals surface area contributed by atoms with Crippen LogP contribution in [0.2, 0.25) is 0 Å². The fourth-order valence-corrected chi connectivity index (χ4v) is 3.40. The van der Waals surface area contributed by atoms with Crippen LogP contribution in [0, 0.1) is 18.3 Å². The highest BCUT2D eigenvalue weighted by Crippen LogP contribution is 2.25. The molecule has 0 spiro atoms. The molecule has 0 fully saturated rings. The molecule has 0 amide bonds. The Morgan fingerprint density at radius 3 is 2.55 bits per heavy atom. The molecule has 5 heteroatoms. The van der Waals surface area contributed by atoms with E-state index in [1.54, 1.807) is 30.6 Å². The number of allylic oxidation sites excluding steroid dienone is 1. The molecule has 4 aromatic rings. The zero-order valence-corrected chi connectivity index (χ0v) is 17.1. The van der Waals surface area contributed by atoms with Crippen molar-refractivity contribution in [2.75, 3.05) is 0 Å². The Balaban J connectivity index is 1.77. The second-order valence-electron chi connectivity index (χ2n) is 7.17. The third-order valence-corrected chi connectivity index (χ3v) is 4.97. The predicted molar refractivity (Wildman–Crippen MR) is 120 cm³/mol. The number of carbonyl (C=O) groups is 1. The predicted octanol–water partition coefficient (Wildman–Crippen LogP) is 5.09. The summed E-state index contributed by atoms with van der Waals surface area (Å²) in [4.78, 5) is 17.2. The normalized spacial score (nSPS) is 11.2. The first kappa shape index (κ1) is 20.0. The Morgan fingerprint density at radius 1 is 1.06 bits per heavy atom. The number of nitrogens with zero attached hydrogens (tertiary/aromatic N) is 4. The van der Waals surface area contributed by atoms with Crippen molar-refractivity contribution in [1.29, 1.82) is 5.26 Å². The van der Waals surface area contributed by atoms with Crippen LogP contribution in [0.3, 0.4) is 0 Å². The molecule has 0 saturated heterocycles. The van der Waals surface area contributed by atoms with Gasteiger partial charge in [0.05, 0.1) is 6.54 Å². The van der Waals surface area contributed by atoms with E-state index in [4.69, 9.17) is 5.10 Å². The van der Waals surface area contributed by atoms with Gasteiger partial charge >= 0.3 is 0 Å².